The largest absolute Gasteiger partial charge is 0.466 e. The first kappa shape index (κ1) is 23.2. The van der Waals surface area contributed by atoms with E-state index in [2.05, 4.69) is 15.6 Å². The number of ether oxygens (including phenoxy) is 3. The number of alkyl carbamates (subject to hydrolysis) is 1. The van der Waals surface area contributed by atoms with E-state index in [-0.39, 0.29) is 23.8 Å². The van der Waals surface area contributed by atoms with E-state index in [9.17, 15) is 9.59 Å². The Morgan fingerprint density at radius 2 is 1.96 bits per heavy atom. The van der Waals surface area contributed by atoms with Crippen molar-refractivity contribution in [1.29, 1.82) is 0 Å². The molecule has 0 aromatic rings. The summed E-state index contributed by atoms with van der Waals surface area (Å²) in [5.74, 6) is 0.209. The number of aliphatic imine (C=N–C) groups is 1. The van der Waals surface area contributed by atoms with Gasteiger partial charge in [-0.1, -0.05) is 6.92 Å². The van der Waals surface area contributed by atoms with E-state index in [4.69, 9.17) is 14.2 Å². The second-order valence-corrected chi connectivity index (χ2v) is 7.65. The number of esters is 1. The minimum absolute atomic E-state index is 0.0510. The minimum atomic E-state index is -0.596. The Labute approximate surface area is 162 Å². The predicted octanol–water partition coefficient (Wildman–Crippen LogP) is 2.47. The average Bonchev–Trinajstić information content (AvgIpc) is 3.35. The SMILES string of the molecule is CCCN=C(NC(=O)OC(C)(C)C)NC(CCOC)[C@@H]1C[C@H]1C(=O)OCC. The second kappa shape index (κ2) is 11.1. The highest BCUT2D eigenvalue weighted by Crippen LogP contribution is 2.43. The normalized spacial score (nSPS) is 20.6. The van der Waals surface area contributed by atoms with Crippen LogP contribution in [0.2, 0.25) is 0 Å². The highest BCUT2D eigenvalue weighted by molar-refractivity contribution is 5.94. The standard InChI is InChI=1S/C19H35N3O5/c1-7-10-20-17(22-18(24)27-19(3,4)5)21-15(9-11-25-6)13-12-14(13)16(23)26-8-2/h13-15H,7-12H2,1-6H3,(H2,20,21,22,24)/t13-,14-,15?/m1/s1. The summed E-state index contributed by atoms with van der Waals surface area (Å²) in [4.78, 5) is 28.5. The maximum absolute atomic E-state index is 12.1. The van der Waals surface area contributed by atoms with Crippen molar-refractivity contribution in [2.45, 2.75) is 65.5 Å². The maximum Gasteiger partial charge on any atom is 0.414 e. The number of nitrogens with zero attached hydrogens (tertiary/aromatic N) is 1. The van der Waals surface area contributed by atoms with Crippen molar-refractivity contribution in [3.63, 3.8) is 0 Å². The van der Waals surface area contributed by atoms with Crippen LogP contribution in [0, 0.1) is 11.8 Å². The van der Waals surface area contributed by atoms with Gasteiger partial charge in [-0.3, -0.25) is 15.1 Å². The molecule has 8 heteroatoms. The number of carbonyl (C=O) groups is 2. The molecular formula is C19H35N3O5. The van der Waals surface area contributed by atoms with Crippen molar-refractivity contribution in [2.24, 2.45) is 16.8 Å². The van der Waals surface area contributed by atoms with Crippen LogP contribution in [-0.2, 0) is 19.0 Å². The first-order chi connectivity index (χ1) is 12.7. The molecule has 0 bridgehead atoms. The first-order valence-corrected chi connectivity index (χ1v) is 9.68. The fourth-order valence-corrected chi connectivity index (χ4v) is 2.74. The van der Waals surface area contributed by atoms with Gasteiger partial charge in [-0.05, 0) is 52.9 Å². The summed E-state index contributed by atoms with van der Waals surface area (Å²) in [6.07, 6.45) is 1.73. The summed E-state index contributed by atoms with van der Waals surface area (Å²) >= 11 is 0. The van der Waals surface area contributed by atoms with Gasteiger partial charge in [-0.25, -0.2) is 4.79 Å². The Hall–Kier alpha value is -1.83. The van der Waals surface area contributed by atoms with Gasteiger partial charge in [0.15, 0.2) is 0 Å². The molecule has 0 saturated heterocycles. The van der Waals surface area contributed by atoms with Gasteiger partial charge < -0.3 is 19.5 Å². The van der Waals surface area contributed by atoms with E-state index in [1.165, 1.54) is 0 Å². The molecule has 1 rings (SSSR count). The molecule has 1 amide bonds. The van der Waals surface area contributed by atoms with E-state index in [0.29, 0.717) is 32.1 Å². The smallest absolute Gasteiger partial charge is 0.414 e. The zero-order valence-corrected chi connectivity index (χ0v) is 17.5. The molecule has 0 heterocycles. The lowest BCUT2D eigenvalue weighted by Gasteiger charge is -2.23. The van der Waals surface area contributed by atoms with Gasteiger partial charge >= 0.3 is 12.1 Å². The van der Waals surface area contributed by atoms with Crippen molar-refractivity contribution in [2.75, 3.05) is 26.9 Å². The van der Waals surface area contributed by atoms with Gasteiger partial charge in [-0.2, -0.15) is 0 Å². The Morgan fingerprint density at radius 1 is 1.26 bits per heavy atom. The molecule has 8 nitrogen and oxygen atoms in total. The third-order valence-electron chi connectivity index (χ3n) is 4.01. The lowest BCUT2D eigenvalue weighted by atomic mass is 10.1. The van der Waals surface area contributed by atoms with Crippen LogP contribution >= 0.6 is 0 Å². The molecule has 1 unspecified atom stereocenters. The van der Waals surface area contributed by atoms with Crippen LogP contribution in [0.5, 0.6) is 0 Å². The number of guanidine groups is 1. The lowest BCUT2D eigenvalue weighted by Crippen LogP contribution is -2.48. The van der Waals surface area contributed by atoms with E-state index in [1.54, 1.807) is 34.8 Å². The molecule has 27 heavy (non-hydrogen) atoms. The predicted molar refractivity (Wildman–Crippen MR) is 104 cm³/mol. The Bertz CT molecular complexity index is 516. The number of rotatable bonds is 9. The van der Waals surface area contributed by atoms with Crippen LogP contribution in [0.15, 0.2) is 4.99 Å². The second-order valence-electron chi connectivity index (χ2n) is 7.65. The number of carbonyl (C=O) groups excluding carboxylic acids is 2. The van der Waals surface area contributed by atoms with Crippen LogP contribution in [0.3, 0.4) is 0 Å². The molecule has 0 spiro atoms. The molecule has 0 aromatic heterocycles. The molecule has 0 aliphatic heterocycles. The average molecular weight is 386 g/mol. The van der Waals surface area contributed by atoms with E-state index in [1.807, 2.05) is 6.92 Å². The fraction of sp³-hybridized carbons (Fsp3) is 0.842. The third-order valence-corrected chi connectivity index (χ3v) is 4.01. The zero-order valence-electron chi connectivity index (χ0n) is 17.5. The van der Waals surface area contributed by atoms with Gasteiger partial charge in [0.05, 0.1) is 12.5 Å². The summed E-state index contributed by atoms with van der Waals surface area (Å²) in [6.45, 7) is 10.7. The van der Waals surface area contributed by atoms with E-state index >= 15 is 0 Å². The highest BCUT2D eigenvalue weighted by Gasteiger charge is 2.48. The Balaban J connectivity index is 2.77. The molecule has 1 fully saturated rings. The van der Waals surface area contributed by atoms with Gasteiger partial charge in [-0.15, -0.1) is 0 Å². The summed E-state index contributed by atoms with van der Waals surface area (Å²) < 4.78 is 15.6. The van der Waals surface area contributed by atoms with Gasteiger partial charge in [0.25, 0.3) is 0 Å². The van der Waals surface area contributed by atoms with E-state index in [0.717, 1.165) is 12.8 Å². The van der Waals surface area contributed by atoms with Crippen LogP contribution in [0.4, 0.5) is 4.79 Å². The zero-order chi connectivity index (χ0) is 20.4. The minimum Gasteiger partial charge on any atom is -0.466 e. The van der Waals surface area contributed by atoms with Crippen molar-refractivity contribution in [1.82, 2.24) is 10.6 Å². The van der Waals surface area contributed by atoms with Crippen LogP contribution < -0.4 is 10.6 Å². The molecule has 3 atom stereocenters. The van der Waals surface area contributed by atoms with Crippen LogP contribution in [0.1, 0.15) is 53.9 Å². The van der Waals surface area contributed by atoms with Crippen LogP contribution in [-0.4, -0.2) is 56.5 Å². The first-order valence-electron chi connectivity index (χ1n) is 9.68. The molecule has 0 aromatic carbocycles. The highest BCUT2D eigenvalue weighted by atomic mass is 16.6. The number of hydrogen-bond acceptors (Lipinski definition) is 6. The Morgan fingerprint density at radius 3 is 2.52 bits per heavy atom. The van der Waals surface area contributed by atoms with E-state index < -0.39 is 11.7 Å². The molecule has 1 aliphatic rings. The van der Waals surface area contributed by atoms with Gasteiger partial charge in [0, 0.05) is 26.3 Å². The number of hydrogen-bond donors (Lipinski definition) is 2. The number of amides is 1. The molecule has 0 radical (unpaired) electrons. The quantitative estimate of drug-likeness (QED) is 0.359. The molecule has 156 valence electrons. The maximum atomic E-state index is 12.1. The molecule has 2 N–H and O–H groups in total. The molecule has 1 saturated carbocycles. The van der Waals surface area contributed by atoms with Gasteiger partial charge in [0.1, 0.15) is 5.60 Å². The van der Waals surface area contributed by atoms with Gasteiger partial charge in [0.2, 0.25) is 5.96 Å². The summed E-state index contributed by atoms with van der Waals surface area (Å²) in [7, 11) is 1.64. The summed E-state index contributed by atoms with van der Waals surface area (Å²) in [5.41, 5.74) is -0.596. The van der Waals surface area contributed by atoms with Crippen molar-refractivity contribution in [3.8, 4) is 0 Å². The monoisotopic (exact) mass is 385 g/mol. The number of methoxy groups -OCH3 is 1. The van der Waals surface area contributed by atoms with Crippen LogP contribution in [0.25, 0.3) is 0 Å². The molecule has 1 aliphatic carbocycles. The Kier molecular flexibility index (Phi) is 9.55. The van der Waals surface area contributed by atoms with Crippen molar-refractivity contribution >= 4 is 18.0 Å². The number of nitrogens with one attached hydrogen (secondary N) is 2. The molecular weight excluding hydrogens is 350 g/mol. The summed E-state index contributed by atoms with van der Waals surface area (Å²) in [6, 6.07) is -0.0510. The fourth-order valence-electron chi connectivity index (χ4n) is 2.74. The summed E-state index contributed by atoms with van der Waals surface area (Å²) in [5, 5.41) is 5.97. The lowest BCUT2D eigenvalue weighted by molar-refractivity contribution is -0.145. The topological polar surface area (TPSA) is 98.3 Å². The van der Waals surface area contributed by atoms with Crippen molar-refractivity contribution in [3.05, 3.63) is 0 Å². The third kappa shape index (κ3) is 9.08. The van der Waals surface area contributed by atoms with Crippen molar-refractivity contribution < 1.29 is 23.8 Å².